The molecule has 0 aromatic heterocycles. The van der Waals surface area contributed by atoms with Gasteiger partial charge in [-0.2, -0.15) is 0 Å². The molecule has 0 aliphatic carbocycles. The molecule has 2 aromatic rings. The fraction of sp³-hybridized carbons (Fsp3) is 0.318. The Morgan fingerprint density at radius 1 is 1.07 bits per heavy atom. The van der Waals surface area contributed by atoms with Crippen LogP contribution in [0.4, 0.5) is 10.5 Å². The smallest absolute Gasteiger partial charge is 0.319 e. The third-order valence-electron chi connectivity index (χ3n) is 5.31. The van der Waals surface area contributed by atoms with Crippen molar-refractivity contribution in [2.24, 2.45) is 0 Å². The number of nitrogens with zero attached hydrogens (tertiary/aromatic N) is 2. The molecule has 1 N–H and O–H groups in total. The SMILES string of the molecule is CC(C)(C)c1ccc(C(=O)CN2C(=O)N[C@@](C)(c3ccc([N+](=O)[O-])cc3)C2=O)cc1. The summed E-state index contributed by atoms with van der Waals surface area (Å²) in [5.74, 6) is -0.937. The van der Waals surface area contributed by atoms with E-state index in [4.69, 9.17) is 0 Å². The maximum absolute atomic E-state index is 13.0. The van der Waals surface area contributed by atoms with Gasteiger partial charge in [0, 0.05) is 17.7 Å². The van der Waals surface area contributed by atoms with Gasteiger partial charge in [-0.25, -0.2) is 4.79 Å². The predicted molar refractivity (Wildman–Crippen MR) is 110 cm³/mol. The Labute approximate surface area is 174 Å². The molecule has 2 aromatic carbocycles. The van der Waals surface area contributed by atoms with Crippen LogP contribution in [0.1, 0.15) is 49.2 Å². The van der Waals surface area contributed by atoms with E-state index in [1.54, 1.807) is 12.1 Å². The number of imide groups is 1. The molecule has 1 saturated heterocycles. The summed E-state index contributed by atoms with van der Waals surface area (Å²) >= 11 is 0. The van der Waals surface area contributed by atoms with Crippen molar-refractivity contribution >= 4 is 23.4 Å². The van der Waals surface area contributed by atoms with Crippen molar-refractivity contribution in [3.8, 4) is 0 Å². The van der Waals surface area contributed by atoms with Crippen LogP contribution in [-0.4, -0.2) is 34.1 Å². The lowest BCUT2D eigenvalue weighted by atomic mass is 9.86. The third kappa shape index (κ3) is 3.80. The minimum atomic E-state index is -1.40. The van der Waals surface area contributed by atoms with Crippen molar-refractivity contribution in [2.75, 3.05) is 6.54 Å². The van der Waals surface area contributed by atoms with Crippen molar-refractivity contribution in [3.05, 3.63) is 75.3 Å². The van der Waals surface area contributed by atoms with Gasteiger partial charge in [-0.1, -0.05) is 45.0 Å². The number of nitro benzene ring substituents is 1. The number of nitrogens with one attached hydrogen (secondary N) is 1. The molecular weight excluding hydrogens is 386 g/mol. The van der Waals surface area contributed by atoms with E-state index in [-0.39, 0.29) is 23.4 Å². The number of non-ortho nitro benzene ring substituents is 1. The van der Waals surface area contributed by atoms with Gasteiger partial charge in [0.05, 0.1) is 11.5 Å². The van der Waals surface area contributed by atoms with Gasteiger partial charge in [0.1, 0.15) is 5.54 Å². The van der Waals surface area contributed by atoms with Gasteiger partial charge < -0.3 is 5.32 Å². The van der Waals surface area contributed by atoms with E-state index in [2.05, 4.69) is 26.1 Å². The number of carbonyl (C=O) groups is 3. The Morgan fingerprint density at radius 3 is 2.13 bits per heavy atom. The number of Topliss-reactive ketones (excluding diaryl/α,β-unsaturated/α-hetero) is 1. The lowest BCUT2D eigenvalue weighted by molar-refractivity contribution is -0.384. The molecule has 8 nitrogen and oxygen atoms in total. The van der Waals surface area contributed by atoms with Crippen molar-refractivity contribution < 1.29 is 19.3 Å². The fourth-order valence-corrected chi connectivity index (χ4v) is 3.34. The first kappa shape index (κ1) is 21.2. The highest BCUT2D eigenvalue weighted by atomic mass is 16.6. The highest BCUT2D eigenvalue weighted by Gasteiger charge is 2.49. The summed E-state index contributed by atoms with van der Waals surface area (Å²) < 4.78 is 0. The third-order valence-corrected chi connectivity index (χ3v) is 5.31. The zero-order valence-electron chi connectivity index (χ0n) is 17.3. The molecule has 156 valence electrons. The summed E-state index contributed by atoms with van der Waals surface area (Å²) in [4.78, 5) is 49.2. The number of amides is 3. The second kappa shape index (κ2) is 7.37. The van der Waals surface area contributed by atoms with E-state index in [1.165, 1.54) is 31.2 Å². The summed E-state index contributed by atoms with van der Waals surface area (Å²) in [5.41, 5.74) is 0.301. The molecule has 3 rings (SSSR count). The monoisotopic (exact) mass is 409 g/mol. The average molecular weight is 409 g/mol. The van der Waals surface area contributed by atoms with Gasteiger partial charge in [-0.15, -0.1) is 0 Å². The van der Waals surface area contributed by atoms with Crippen LogP contribution < -0.4 is 5.32 Å². The van der Waals surface area contributed by atoms with E-state index in [9.17, 15) is 24.5 Å². The molecule has 1 aliphatic rings. The Hall–Kier alpha value is -3.55. The molecule has 0 spiro atoms. The molecule has 3 amide bonds. The Balaban J connectivity index is 1.79. The van der Waals surface area contributed by atoms with Crippen LogP contribution in [0.2, 0.25) is 0 Å². The summed E-state index contributed by atoms with van der Waals surface area (Å²) in [7, 11) is 0. The molecule has 1 fully saturated rings. The van der Waals surface area contributed by atoms with Crippen molar-refractivity contribution in [1.82, 2.24) is 10.2 Å². The first-order valence-electron chi connectivity index (χ1n) is 9.46. The summed E-state index contributed by atoms with van der Waals surface area (Å²) in [6, 6.07) is 11.8. The number of hydrogen-bond acceptors (Lipinski definition) is 5. The van der Waals surface area contributed by atoms with Gasteiger partial charge in [0.15, 0.2) is 5.78 Å². The van der Waals surface area contributed by atoms with Crippen LogP contribution in [0.5, 0.6) is 0 Å². The van der Waals surface area contributed by atoms with Crippen molar-refractivity contribution in [3.63, 3.8) is 0 Å². The Kier molecular flexibility index (Phi) is 5.20. The lowest BCUT2D eigenvalue weighted by Gasteiger charge is -2.22. The highest BCUT2D eigenvalue weighted by Crippen LogP contribution is 2.30. The largest absolute Gasteiger partial charge is 0.325 e. The van der Waals surface area contributed by atoms with Crippen molar-refractivity contribution in [1.29, 1.82) is 0 Å². The van der Waals surface area contributed by atoms with Gasteiger partial charge in [-0.3, -0.25) is 24.6 Å². The van der Waals surface area contributed by atoms with E-state index in [1.807, 2.05) is 12.1 Å². The molecule has 1 heterocycles. The number of benzene rings is 2. The van der Waals surface area contributed by atoms with Gasteiger partial charge in [-0.05, 0) is 35.6 Å². The summed E-state index contributed by atoms with van der Waals surface area (Å²) in [5, 5.41) is 13.4. The van der Waals surface area contributed by atoms with Crippen LogP contribution in [0.15, 0.2) is 48.5 Å². The number of nitro groups is 1. The van der Waals surface area contributed by atoms with E-state index in [0.29, 0.717) is 11.1 Å². The molecule has 0 saturated carbocycles. The van der Waals surface area contributed by atoms with E-state index >= 15 is 0 Å². The van der Waals surface area contributed by atoms with E-state index in [0.717, 1.165) is 10.5 Å². The standard InChI is InChI=1S/C22H23N3O5/c1-21(2,3)15-7-5-14(6-8-15)18(26)13-24-19(27)22(4,23-20(24)28)16-9-11-17(12-10-16)25(29)30/h5-12H,13H2,1-4H3,(H,23,28)/t22-/m0/s1. The number of urea groups is 1. The molecule has 1 atom stereocenters. The first-order valence-corrected chi connectivity index (χ1v) is 9.46. The number of carbonyl (C=O) groups excluding carboxylic acids is 3. The molecule has 0 radical (unpaired) electrons. The second-order valence-electron chi connectivity index (χ2n) is 8.50. The Bertz CT molecular complexity index is 1020. The van der Waals surface area contributed by atoms with Crippen LogP contribution in [-0.2, 0) is 15.7 Å². The molecule has 0 bridgehead atoms. The molecule has 1 aliphatic heterocycles. The zero-order valence-corrected chi connectivity index (χ0v) is 17.3. The number of hydrogen-bond donors (Lipinski definition) is 1. The number of rotatable bonds is 5. The highest BCUT2D eigenvalue weighted by molar-refractivity contribution is 6.11. The fourth-order valence-electron chi connectivity index (χ4n) is 3.34. The molecule has 8 heteroatoms. The molecule has 30 heavy (non-hydrogen) atoms. The Morgan fingerprint density at radius 2 is 1.63 bits per heavy atom. The minimum absolute atomic E-state index is 0.0566. The second-order valence-corrected chi connectivity index (χ2v) is 8.50. The quantitative estimate of drug-likeness (QED) is 0.351. The summed E-state index contributed by atoms with van der Waals surface area (Å²) in [6.07, 6.45) is 0. The van der Waals surface area contributed by atoms with Crippen LogP contribution in [0, 0.1) is 10.1 Å². The maximum atomic E-state index is 13.0. The first-order chi connectivity index (χ1) is 13.9. The van der Waals surface area contributed by atoms with Gasteiger partial charge >= 0.3 is 6.03 Å². The van der Waals surface area contributed by atoms with E-state index < -0.39 is 22.4 Å². The van der Waals surface area contributed by atoms with Crippen molar-refractivity contribution in [2.45, 2.75) is 38.6 Å². The van der Waals surface area contributed by atoms with Crippen LogP contribution in [0.3, 0.4) is 0 Å². The van der Waals surface area contributed by atoms with Crippen LogP contribution in [0.25, 0.3) is 0 Å². The zero-order chi connectivity index (χ0) is 22.3. The normalized spacial score (nSPS) is 19.0. The number of ketones is 1. The summed E-state index contributed by atoms with van der Waals surface area (Å²) in [6.45, 7) is 7.32. The predicted octanol–water partition coefficient (Wildman–Crippen LogP) is 3.54. The molecule has 0 unspecified atom stereocenters. The van der Waals surface area contributed by atoms with Gasteiger partial charge in [0.25, 0.3) is 11.6 Å². The van der Waals surface area contributed by atoms with Crippen LogP contribution >= 0.6 is 0 Å². The maximum Gasteiger partial charge on any atom is 0.325 e. The minimum Gasteiger partial charge on any atom is -0.319 e. The molecular formula is C22H23N3O5. The van der Waals surface area contributed by atoms with Gasteiger partial charge in [0.2, 0.25) is 0 Å². The average Bonchev–Trinajstić information content (AvgIpc) is 2.91. The lowest BCUT2D eigenvalue weighted by Crippen LogP contribution is -2.41. The topological polar surface area (TPSA) is 110 Å².